The van der Waals surface area contributed by atoms with E-state index in [4.69, 9.17) is 14.2 Å². The van der Waals surface area contributed by atoms with E-state index < -0.39 is 5.97 Å². The first-order chi connectivity index (χ1) is 9.70. The number of hydrogen-bond donors (Lipinski definition) is 0. The van der Waals surface area contributed by atoms with E-state index in [-0.39, 0.29) is 12.6 Å². The van der Waals surface area contributed by atoms with Crippen molar-refractivity contribution in [3.8, 4) is 0 Å². The average molecular weight is 292 g/mol. The fraction of sp³-hybridized carbons (Fsp3) is 1.00. The molecular formula is C16H33FO3. The first kappa shape index (κ1) is 19.8. The fourth-order valence-electron chi connectivity index (χ4n) is 2.74. The summed E-state index contributed by atoms with van der Waals surface area (Å²) in [5.41, 5.74) is 0. The van der Waals surface area contributed by atoms with Crippen LogP contribution in [0.4, 0.5) is 4.39 Å². The van der Waals surface area contributed by atoms with Crippen molar-refractivity contribution in [1.82, 2.24) is 0 Å². The van der Waals surface area contributed by atoms with Gasteiger partial charge in [-0.2, -0.15) is 0 Å². The summed E-state index contributed by atoms with van der Waals surface area (Å²) in [6, 6.07) is 0. The van der Waals surface area contributed by atoms with Crippen molar-refractivity contribution in [3.05, 3.63) is 0 Å². The van der Waals surface area contributed by atoms with Gasteiger partial charge >= 0.3 is 0 Å². The van der Waals surface area contributed by atoms with Gasteiger partial charge in [0, 0.05) is 27.2 Å². The monoisotopic (exact) mass is 292 g/mol. The van der Waals surface area contributed by atoms with E-state index in [1.54, 1.807) is 21.3 Å². The Balaban J connectivity index is 4.25. The third-order valence-corrected chi connectivity index (χ3v) is 3.95. The highest BCUT2D eigenvalue weighted by atomic mass is 19.1. The molecule has 0 saturated carbocycles. The highest BCUT2D eigenvalue weighted by Gasteiger charge is 2.39. The minimum absolute atomic E-state index is 0.0735. The van der Waals surface area contributed by atoms with Gasteiger partial charge in [-0.1, -0.05) is 45.4 Å². The van der Waals surface area contributed by atoms with E-state index in [1.165, 1.54) is 32.1 Å². The van der Waals surface area contributed by atoms with Crippen LogP contribution >= 0.6 is 0 Å². The normalized spacial score (nSPS) is 13.7. The van der Waals surface area contributed by atoms with Gasteiger partial charge in [0.05, 0.1) is 6.67 Å². The second kappa shape index (κ2) is 12.5. The Bertz CT molecular complexity index is 200. The summed E-state index contributed by atoms with van der Waals surface area (Å²) in [7, 11) is 4.74. The van der Waals surface area contributed by atoms with Crippen LogP contribution in [0.15, 0.2) is 0 Å². The summed E-state index contributed by atoms with van der Waals surface area (Å²) in [4.78, 5) is 0. The highest BCUT2D eigenvalue weighted by molar-refractivity contribution is 4.71. The number of rotatable bonds is 14. The van der Waals surface area contributed by atoms with Crippen molar-refractivity contribution in [2.75, 3.05) is 28.0 Å². The summed E-state index contributed by atoms with van der Waals surface area (Å²) in [5, 5.41) is 0. The lowest BCUT2D eigenvalue weighted by atomic mass is 9.93. The third kappa shape index (κ3) is 7.00. The van der Waals surface area contributed by atoms with Gasteiger partial charge in [-0.15, -0.1) is 0 Å². The zero-order valence-corrected chi connectivity index (χ0v) is 13.8. The largest absolute Gasteiger partial charge is 0.331 e. The van der Waals surface area contributed by atoms with Crippen molar-refractivity contribution in [2.24, 2.45) is 5.92 Å². The maximum atomic E-state index is 12.5. The number of methoxy groups -OCH3 is 3. The molecule has 0 radical (unpaired) electrons. The highest BCUT2D eigenvalue weighted by Crippen LogP contribution is 2.32. The molecule has 0 spiro atoms. The zero-order valence-electron chi connectivity index (χ0n) is 13.8. The summed E-state index contributed by atoms with van der Waals surface area (Å²) in [5.74, 6) is -0.956. The Morgan fingerprint density at radius 1 is 0.800 bits per heavy atom. The lowest BCUT2D eigenvalue weighted by Crippen LogP contribution is -2.44. The lowest BCUT2D eigenvalue weighted by molar-refractivity contribution is -0.380. The molecule has 0 fully saturated rings. The van der Waals surface area contributed by atoms with Crippen LogP contribution in [0.25, 0.3) is 0 Å². The molecule has 0 aliphatic heterocycles. The van der Waals surface area contributed by atoms with Crippen molar-refractivity contribution in [3.63, 3.8) is 0 Å². The van der Waals surface area contributed by atoms with Crippen molar-refractivity contribution in [2.45, 2.75) is 70.7 Å². The standard InChI is InChI=1S/C16H33FO3/c1-5-6-7-8-9-10-12-15(13-11-14-17)16(18-2,19-3)20-4/h15H,5-14H2,1-4H3. The minimum Gasteiger partial charge on any atom is -0.331 e. The second-order valence-corrected chi connectivity index (χ2v) is 5.30. The van der Waals surface area contributed by atoms with E-state index in [1.807, 2.05) is 0 Å². The Morgan fingerprint density at radius 2 is 1.30 bits per heavy atom. The van der Waals surface area contributed by atoms with E-state index >= 15 is 0 Å². The number of ether oxygens (including phenoxy) is 3. The molecule has 0 aromatic carbocycles. The number of alkyl halides is 1. The predicted molar refractivity (Wildman–Crippen MR) is 80.5 cm³/mol. The summed E-state index contributed by atoms with van der Waals surface area (Å²) >= 11 is 0. The van der Waals surface area contributed by atoms with E-state index in [0.29, 0.717) is 6.42 Å². The Hall–Kier alpha value is -0.190. The van der Waals surface area contributed by atoms with Gasteiger partial charge in [-0.3, -0.25) is 4.39 Å². The summed E-state index contributed by atoms with van der Waals surface area (Å²) in [6.45, 7) is 1.91. The van der Waals surface area contributed by atoms with Crippen LogP contribution in [0.2, 0.25) is 0 Å². The molecule has 3 nitrogen and oxygen atoms in total. The van der Waals surface area contributed by atoms with E-state index in [0.717, 1.165) is 19.3 Å². The molecule has 0 N–H and O–H groups in total. The Labute approximate surface area is 124 Å². The summed E-state index contributed by atoms with van der Waals surface area (Å²) in [6.07, 6.45) is 9.65. The molecule has 1 unspecified atom stereocenters. The number of hydrogen-bond acceptors (Lipinski definition) is 3. The summed E-state index contributed by atoms with van der Waals surface area (Å²) < 4.78 is 28.7. The molecule has 20 heavy (non-hydrogen) atoms. The van der Waals surface area contributed by atoms with Crippen LogP contribution in [0.1, 0.15) is 64.7 Å². The van der Waals surface area contributed by atoms with Crippen LogP contribution in [0.5, 0.6) is 0 Å². The molecule has 0 aliphatic rings. The van der Waals surface area contributed by atoms with Crippen LogP contribution < -0.4 is 0 Å². The maximum Gasteiger partial charge on any atom is 0.285 e. The first-order valence-corrected chi connectivity index (χ1v) is 7.92. The predicted octanol–water partition coefficient (Wildman–Crippen LogP) is 4.70. The molecule has 0 saturated heterocycles. The molecule has 0 amide bonds. The average Bonchev–Trinajstić information content (AvgIpc) is 2.49. The van der Waals surface area contributed by atoms with Crippen LogP contribution in [0.3, 0.4) is 0 Å². The number of halogens is 1. The van der Waals surface area contributed by atoms with Gasteiger partial charge in [-0.05, 0) is 19.3 Å². The molecule has 0 aliphatic carbocycles. The van der Waals surface area contributed by atoms with Crippen molar-refractivity contribution >= 4 is 0 Å². The van der Waals surface area contributed by atoms with Crippen LogP contribution in [0, 0.1) is 5.92 Å². The molecule has 0 aromatic heterocycles. The van der Waals surface area contributed by atoms with Crippen LogP contribution in [-0.2, 0) is 14.2 Å². The topological polar surface area (TPSA) is 27.7 Å². The third-order valence-electron chi connectivity index (χ3n) is 3.95. The van der Waals surface area contributed by atoms with E-state index in [9.17, 15) is 4.39 Å². The number of unbranched alkanes of at least 4 members (excludes halogenated alkanes) is 5. The smallest absolute Gasteiger partial charge is 0.285 e. The Morgan fingerprint density at radius 3 is 1.80 bits per heavy atom. The van der Waals surface area contributed by atoms with Gasteiger partial charge in [0.1, 0.15) is 0 Å². The maximum absolute atomic E-state index is 12.5. The molecule has 0 bridgehead atoms. The van der Waals surface area contributed by atoms with Gasteiger partial charge in [0.25, 0.3) is 5.97 Å². The SMILES string of the molecule is CCCCCCCCC(CCCF)C(OC)(OC)OC. The van der Waals surface area contributed by atoms with Crippen molar-refractivity contribution < 1.29 is 18.6 Å². The first-order valence-electron chi connectivity index (χ1n) is 7.92. The second-order valence-electron chi connectivity index (χ2n) is 5.30. The van der Waals surface area contributed by atoms with Crippen molar-refractivity contribution in [1.29, 1.82) is 0 Å². The molecule has 4 heteroatoms. The van der Waals surface area contributed by atoms with Gasteiger partial charge in [-0.25, -0.2) is 0 Å². The van der Waals surface area contributed by atoms with Gasteiger partial charge in [0.2, 0.25) is 0 Å². The molecule has 122 valence electrons. The Kier molecular flexibility index (Phi) is 12.4. The van der Waals surface area contributed by atoms with E-state index in [2.05, 4.69) is 6.92 Å². The molecule has 1 atom stereocenters. The minimum atomic E-state index is -1.03. The molecule has 0 rings (SSSR count). The van der Waals surface area contributed by atoms with Gasteiger partial charge in [0.15, 0.2) is 0 Å². The van der Waals surface area contributed by atoms with Gasteiger partial charge < -0.3 is 14.2 Å². The molecule has 0 aromatic rings. The molecular weight excluding hydrogens is 259 g/mol. The van der Waals surface area contributed by atoms with Crippen LogP contribution in [-0.4, -0.2) is 34.0 Å². The lowest BCUT2D eigenvalue weighted by Gasteiger charge is -2.36. The zero-order chi connectivity index (χ0) is 15.3. The quantitative estimate of drug-likeness (QED) is 0.343. The molecule has 0 heterocycles. The fourth-order valence-corrected chi connectivity index (χ4v) is 2.74.